The highest BCUT2D eigenvalue weighted by atomic mass is 32.2. The summed E-state index contributed by atoms with van der Waals surface area (Å²) in [6, 6.07) is 6.46. The first-order valence-corrected chi connectivity index (χ1v) is 8.48. The van der Waals surface area contributed by atoms with Crippen LogP contribution in [0.2, 0.25) is 0 Å². The molecule has 108 valence electrons. The van der Waals surface area contributed by atoms with Gasteiger partial charge in [0.25, 0.3) is 0 Å². The monoisotopic (exact) mass is 315 g/mol. The lowest BCUT2D eigenvalue weighted by Gasteiger charge is -2.06. The number of rotatable bonds is 5. The van der Waals surface area contributed by atoms with Gasteiger partial charge in [0.05, 0.1) is 0 Å². The predicted octanol–water partition coefficient (Wildman–Crippen LogP) is 1.92. The molecule has 1 heterocycles. The molecule has 0 saturated heterocycles. The number of nitrogens with two attached hydrogens (primary N) is 1. The average molecular weight is 315 g/mol. The minimum absolute atomic E-state index is 0.00843. The zero-order valence-corrected chi connectivity index (χ0v) is 12.4. The van der Waals surface area contributed by atoms with Crippen molar-refractivity contribution in [1.82, 2.24) is 4.37 Å². The average Bonchev–Trinajstić information content (AvgIpc) is 2.73. The summed E-state index contributed by atoms with van der Waals surface area (Å²) in [6.07, 6.45) is 1.52. The number of aromatic nitrogens is 1. The van der Waals surface area contributed by atoms with Crippen LogP contribution >= 0.6 is 11.5 Å². The molecule has 20 heavy (non-hydrogen) atoms. The van der Waals surface area contributed by atoms with Crippen LogP contribution in [0.25, 0.3) is 0 Å². The normalized spacial score (nSPS) is 11.5. The number of benzene rings is 1. The molecule has 0 aliphatic heterocycles. The molecule has 0 aliphatic carbocycles. The molecular formula is C12H14FN3O2S2. The molecule has 2 aromatic rings. The third-order valence-corrected chi connectivity index (χ3v) is 4.79. The van der Waals surface area contributed by atoms with Crippen molar-refractivity contribution in [1.29, 1.82) is 0 Å². The van der Waals surface area contributed by atoms with Crippen molar-refractivity contribution in [3.05, 3.63) is 35.6 Å². The molecule has 0 atom stereocenters. The SMILES string of the molecule is CS(=O)(=O)c1c(N)nsc1NCCc1ccccc1F. The summed E-state index contributed by atoms with van der Waals surface area (Å²) in [4.78, 5) is 0.0102. The van der Waals surface area contributed by atoms with Crippen molar-refractivity contribution >= 4 is 32.2 Å². The van der Waals surface area contributed by atoms with Crippen LogP contribution in [0.4, 0.5) is 15.2 Å². The molecule has 0 aliphatic rings. The minimum Gasteiger partial charge on any atom is -0.382 e. The highest BCUT2D eigenvalue weighted by Crippen LogP contribution is 2.31. The molecule has 1 aromatic heterocycles. The molecule has 8 heteroatoms. The molecule has 1 aromatic carbocycles. The van der Waals surface area contributed by atoms with Gasteiger partial charge in [-0.15, -0.1) is 0 Å². The quantitative estimate of drug-likeness (QED) is 0.880. The maximum Gasteiger partial charge on any atom is 0.182 e. The Morgan fingerprint density at radius 3 is 2.75 bits per heavy atom. The molecule has 3 N–H and O–H groups in total. The van der Waals surface area contributed by atoms with E-state index < -0.39 is 9.84 Å². The van der Waals surface area contributed by atoms with Crippen molar-refractivity contribution < 1.29 is 12.8 Å². The topological polar surface area (TPSA) is 85.1 Å². The lowest BCUT2D eigenvalue weighted by Crippen LogP contribution is -2.09. The van der Waals surface area contributed by atoms with Crippen LogP contribution in [0.15, 0.2) is 29.2 Å². The van der Waals surface area contributed by atoms with Gasteiger partial charge in [0.1, 0.15) is 15.7 Å². The van der Waals surface area contributed by atoms with Gasteiger partial charge in [0.15, 0.2) is 15.7 Å². The Bertz CT molecular complexity index is 713. The standard InChI is InChI=1S/C12H14FN3O2S2/c1-20(17,18)10-11(14)16-19-12(10)15-7-6-8-4-2-3-5-9(8)13/h2-5,15H,6-7H2,1H3,(H2,14,16). The molecule has 5 nitrogen and oxygen atoms in total. The molecule has 0 unspecified atom stereocenters. The molecule has 0 fully saturated rings. The summed E-state index contributed by atoms with van der Waals surface area (Å²) >= 11 is 0.983. The van der Waals surface area contributed by atoms with E-state index in [1.165, 1.54) is 6.07 Å². The summed E-state index contributed by atoms with van der Waals surface area (Å²) < 4.78 is 40.5. The van der Waals surface area contributed by atoms with Crippen LogP contribution in [0.5, 0.6) is 0 Å². The van der Waals surface area contributed by atoms with Crippen LogP contribution in [0, 0.1) is 5.82 Å². The Morgan fingerprint density at radius 1 is 1.40 bits per heavy atom. The van der Waals surface area contributed by atoms with E-state index in [-0.39, 0.29) is 16.5 Å². The van der Waals surface area contributed by atoms with E-state index in [1.54, 1.807) is 18.2 Å². The Balaban J connectivity index is 2.08. The number of nitrogen functional groups attached to an aromatic ring is 1. The van der Waals surface area contributed by atoms with Gasteiger partial charge in [0.2, 0.25) is 0 Å². The van der Waals surface area contributed by atoms with Crippen molar-refractivity contribution in [2.24, 2.45) is 0 Å². The van der Waals surface area contributed by atoms with Crippen LogP contribution in [-0.4, -0.2) is 25.6 Å². The lowest BCUT2D eigenvalue weighted by atomic mass is 10.1. The van der Waals surface area contributed by atoms with Crippen molar-refractivity contribution in [3.8, 4) is 0 Å². The lowest BCUT2D eigenvalue weighted by molar-refractivity contribution is 0.602. The van der Waals surface area contributed by atoms with Gasteiger partial charge in [-0.25, -0.2) is 12.8 Å². The fourth-order valence-electron chi connectivity index (χ4n) is 1.78. The first kappa shape index (κ1) is 14.7. The van der Waals surface area contributed by atoms with Gasteiger partial charge in [-0.2, -0.15) is 4.37 Å². The molecule has 0 radical (unpaired) electrons. The number of halogens is 1. The summed E-state index contributed by atoms with van der Waals surface area (Å²) in [5, 5.41) is 3.34. The molecule has 2 rings (SSSR count). The van der Waals surface area contributed by atoms with E-state index in [9.17, 15) is 12.8 Å². The Morgan fingerprint density at radius 2 is 2.10 bits per heavy atom. The van der Waals surface area contributed by atoms with Gasteiger partial charge >= 0.3 is 0 Å². The number of hydrogen-bond donors (Lipinski definition) is 2. The van der Waals surface area contributed by atoms with Crippen molar-refractivity contribution in [3.63, 3.8) is 0 Å². The highest BCUT2D eigenvalue weighted by molar-refractivity contribution is 7.91. The predicted molar refractivity (Wildman–Crippen MR) is 78.2 cm³/mol. The first-order valence-electron chi connectivity index (χ1n) is 5.82. The Hall–Kier alpha value is -1.67. The van der Waals surface area contributed by atoms with Crippen LogP contribution in [0.3, 0.4) is 0 Å². The highest BCUT2D eigenvalue weighted by Gasteiger charge is 2.20. The smallest absolute Gasteiger partial charge is 0.182 e. The van der Waals surface area contributed by atoms with E-state index in [0.29, 0.717) is 23.5 Å². The summed E-state index contributed by atoms with van der Waals surface area (Å²) in [5.74, 6) is -0.285. The summed E-state index contributed by atoms with van der Waals surface area (Å²) in [7, 11) is -3.44. The number of nitrogens with zero attached hydrogens (tertiary/aromatic N) is 1. The summed E-state index contributed by atoms with van der Waals surface area (Å²) in [5.41, 5.74) is 6.12. The van der Waals surface area contributed by atoms with Gasteiger partial charge in [-0.3, -0.25) is 0 Å². The van der Waals surface area contributed by atoms with Crippen LogP contribution in [-0.2, 0) is 16.3 Å². The zero-order chi connectivity index (χ0) is 14.8. The molecule has 0 bridgehead atoms. The largest absolute Gasteiger partial charge is 0.382 e. The second-order valence-corrected chi connectivity index (χ2v) is 6.99. The van der Waals surface area contributed by atoms with Gasteiger partial charge in [-0.1, -0.05) is 18.2 Å². The maximum atomic E-state index is 13.4. The minimum atomic E-state index is -3.44. The Kier molecular flexibility index (Phi) is 4.24. The molecule has 0 saturated carbocycles. The zero-order valence-electron chi connectivity index (χ0n) is 10.8. The van der Waals surface area contributed by atoms with Gasteiger partial charge in [0, 0.05) is 12.8 Å². The van der Waals surface area contributed by atoms with E-state index >= 15 is 0 Å². The third kappa shape index (κ3) is 3.26. The second-order valence-electron chi connectivity index (χ2n) is 4.27. The third-order valence-electron chi connectivity index (χ3n) is 2.68. The van der Waals surface area contributed by atoms with E-state index in [2.05, 4.69) is 9.69 Å². The van der Waals surface area contributed by atoms with Crippen molar-refractivity contribution in [2.75, 3.05) is 23.9 Å². The number of nitrogens with one attached hydrogen (secondary N) is 1. The van der Waals surface area contributed by atoms with Gasteiger partial charge < -0.3 is 11.1 Å². The number of anilines is 2. The fraction of sp³-hybridized carbons (Fsp3) is 0.250. The molecular weight excluding hydrogens is 301 g/mol. The fourth-order valence-corrected chi connectivity index (χ4v) is 3.87. The van der Waals surface area contributed by atoms with E-state index in [1.807, 2.05) is 0 Å². The molecule has 0 amide bonds. The van der Waals surface area contributed by atoms with Gasteiger partial charge in [-0.05, 0) is 29.6 Å². The van der Waals surface area contributed by atoms with E-state index in [4.69, 9.17) is 5.73 Å². The van der Waals surface area contributed by atoms with Crippen LogP contribution < -0.4 is 11.1 Å². The number of hydrogen-bond acceptors (Lipinski definition) is 6. The summed E-state index contributed by atoms with van der Waals surface area (Å²) in [6.45, 7) is 0.394. The first-order chi connectivity index (χ1) is 9.39. The van der Waals surface area contributed by atoms with E-state index in [0.717, 1.165) is 17.8 Å². The Labute approximate surface area is 120 Å². The number of sulfone groups is 1. The molecule has 0 spiro atoms. The maximum absolute atomic E-state index is 13.4. The van der Waals surface area contributed by atoms with Crippen molar-refractivity contribution in [2.45, 2.75) is 11.3 Å². The van der Waals surface area contributed by atoms with Crippen LogP contribution in [0.1, 0.15) is 5.56 Å². The second kappa shape index (κ2) is 5.76.